The van der Waals surface area contributed by atoms with Gasteiger partial charge in [0.1, 0.15) is 0 Å². The lowest BCUT2D eigenvalue weighted by atomic mass is 9.90. The summed E-state index contributed by atoms with van der Waals surface area (Å²) in [5, 5.41) is 9.17. The summed E-state index contributed by atoms with van der Waals surface area (Å²) < 4.78 is 12.5. The zero-order chi connectivity index (χ0) is 12.3. The van der Waals surface area contributed by atoms with Gasteiger partial charge in [0.25, 0.3) is 0 Å². The van der Waals surface area contributed by atoms with Gasteiger partial charge in [0.2, 0.25) is 0 Å². The molecule has 0 bridgehead atoms. The van der Waals surface area contributed by atoms with Gasteiger partial charge in [0, 0.05) is 4.90 Å². The summed E-state index contributed by atoms with van der Waals surface area (Å²) >= 11 is 0. The van der Waals surface area contributed by atoms with Gasteiger partial charge >= 0.3 is 0 Å². The molecule has 0 aromatic heterocycles. The number of aryl methyl sites for hydroxylation is 1. The second kappa shape index (κ2) is 5.46. The zero-order valence-electron chi connectivity index (χ0n) is 10.1. The third-order valence-corrected chi connectivity index (χ3v) is 5.46. The Morgan fingerprint density at radius 2 is 2.00 bits per heavy atom. The molecule has 0 aliphatic heterocycles. The lowest BCUT2D eigenvalue weighted by molar-refractivity contribution is 0.431. The first-order chi connectivity index (χ1) is 8.24. The van der Waals surface area contributed by atoms with Crippen molar-refractivity contribution < 1.29 is 4.21 Å². The molecule has 0 amide bonds. The highest BCUT2D eigenvalue weighted by molar-refractivity contribution is 7.85. The van der Waals surface area contributed by atoms with Gasteiger partial charge in [-0.05, 0) is 31.4 Å². The molecule has 1 saturated carbocycles. The molecule has 17 heavy (non-hydrogen) atoms. The topological polar surface area (TPSA) is 40.9 Å². The maximum absolute atomic E-state index is 12.5. The van der Waals surface area contributed by atoms with Crippen LogP contribution in [0.4, 0.5) is 0 Å². The van der Waals surface area contributed by atoms with Crippen LogP contribution in [0.5, 0.6) is 0 Å². The second-order valence-electron chi connectivity index (χ2n) is 4.62. The first kappa shape index (κ1) is 12.3. The maximum Gasteiger partial charge on any atom is 0.0668 e. The van der Waals surface area contributed by atoms with E-state index in [0.717, 1.165) is 36.1 Å². The van der Waals surface area contributed by atoms with Gasteiger partial charge in [-0.15, -0.1) is 0 Å². The molecular formula is C14H17NOS. The SMILES string of the molecule is Cc1ccccc1S(=O)C1CCCCC1C#N. The van der Waals surface area contributed by atoms with Crippen molar-refractivity contribution >= 4 is 10.8 Å². The van der Waals surface area contributed by atoms with Crippen molar-refractivity contribution in [2.75, 3.05) is 0 Å². The van der Waals surface area contributed by atoms with Crippen molar-refractivity contribution in [2.45, 2.75) is 42.8 Å². The van der Waals surface area contributed by atoms with Crippen molar-refractivity contribution in [3.63, 3.8) is 0 Å². The van der Waals surface area contributed by atoms with Crippen molar-refractivity contribution in [2.24, 2.45) is 5.92 Å². The smallest absolute Gasteiger partial charge is 0.0668 e. The zero-order valence-corrected chi connectivity index (χ0v) is 10.9. The fraction of sp³-hybridized carbons (Fsp3) is 0.500. The number of nitrogens with zero attached hydrogens (tertiary/aromatic N) is 1. The molecule has 2 nitrogen and oxygen atoms in total. The van der Waals surface area contributed by atoms with Gasteiger partial charge in [-0.2, -0.15) is 5.26 Å². The summed E-state index contributed by atoms with van der Waals surface area (Å²) in [6.07, 6.45) is 4.01. The molecule has 1 aliphatic carbocycles. The van der Waals surface area contributed by atoms with Gasteiger partial charge < -0.3 is 0 Å². The van der Waals surface area contributed by atoms with Crippen LogP contribution in [-0.4, -0.2) is 9.46 Å². The summed E-state index contributed by atoms with van der Waals surface area (Å²) in [5.74, 6) is -0.0378. The van der Waals surface area contributed by atoms with Gasteiger partial charge in [-0.1, -0.05) is 31.0 Å². The van der Waals surface area contributed by atoms with Gasteiger partial charge in [0.15, 0.2) is 0 Å². The molecule has 1 aromatic carbocycles. The third kappa shape index (κ3) is 2.58. The average Bonchev–Trinajstić information content (AvgIpc) is 2.38. The van der Waals surface area contributed by atoms with E-state index in [9.17, 15) is 4.21 Å². The van der Waals surface area contributed by atoms with E-state index in [0.29, 0.717) is 0 Å². The van der Waals surface area contributed by atoms with Crippen molar-refractivity contribution in [1.82, 2.24) is 0 Å². The summed E-state index contributed by atoms with van der Waals surface area (Å²) in [6.45, 7) is 1.98. The van der Waals surface area contributed by atoms with Crippen LogP contribution in [0, 0.1) is 24.2 Å². The maximum atomic E-state index is 12.5. The van der Waals surface area contributed by atoms with Crippen molar-refractivity contribution in [3.8, 4) is 6.07 Å². The molecule has 3 heteroatoms. The Morgan fingerprint density at radius 1 is 1.29 bits per heavy atom. The molecule has 3 unspecified atom stereocenters. The van der Waals surface area contributed by atoms with E-state index >= 15 is 0 Å². The first-order valence-corrected chi connectivity index (χ1v) is 7.31. The quantitative estimate of drug-likeness (QED) is 0.805. The average molecular weight is 247 g/mol. The first-order valence-electron chi connectivity index (χ1n) is 6.10. The van der Waals surface area contributed by atoms with E-state index < -0.39 is 10.8 Å². The number of benzene rings is 1. The Balaban J connectivity index is 2.25. The molecular weight excluding hydrogens is 230 g/mol. The minimum Gasteiger partial charge on any atom is -0.254 e. The highest BCUT2D eigenvalue weighted by atomic mass is 32.2. The van der Waals surface area contributed by atoms with Crippen molar-refractivity contribution in [1.29, 1.82) is 5.26 Å². The molecule has 3 atom stereocenters. The van der Waals surface area contributed by atoms with Crippen LogP contribution in [0.15, 0.2) is 29.2 Å². The molecule has 0 heterocycles. The van der Waals surface area contributed by atoms with E-state index in [1.54, 1.807) is 0 Å². The number of nitriles is 1. The van der Waals surface area contributed by atoms with Crippen LogP contribution in [0.2, 0.25) is 0 Å². The molecule has 1 fully saturated rings. The lowest BCUT2D eigenvalue weighted by Crippen LogP contribution is -2.28. The third-order valence-electron chi connectivity index (χ3n) is 3.45. The van der Waals surface area contributed by atoms with Crippen LogP contribution in [-0.2, 0) is 10.8 Å². The minimum absolute atomic E-state index is 0.0230. The Bertz CT molecular complexity index is 464. The summed E-state index contributed by atoms with van der Waals surface area (Å²) in [7, 11) is -1.03. The molecule has 0 N–H and O–H groups in total. The molecule has 0 saturated heterocycles. The monoisotopic (exact) mass is 247 g/mol. The summed E-state index contributed by atoms with van der Waals surface area (Å²) in [6, 6.07) is 10.1. The fourth-order valence-corrected chi connectivity index (χ4v) is 4.25. The predicted octanol–water partition coefficient (Wildman–Crippen LogP) is 3.19. The standard InChI is InChI=1S/C14H17NOS/c1-11-6-2-4-8-13(11)17(16)14-9-5-3-7-12(14)10-15/h2,4,6,8,12,14H,3,5,7,9H2,1H3. The minimum atomic E-state index is -1.03. The number of hydrogen-bond donors (Lipinski definition) is 0. The van der Waals surface area contributed by atoms with Crippen LogP contribution in [0.25, 0.3) is 0 Å². The highest BCUT2D eigenvalue weighted by Gasteiger charge is 2.31. The van der Waals surface area contributed by atoms with E-state index in [1.807, 2.05) is 31.2 Å². The van der Waals surface area contributed by atoms with Gasteiger partial charge in [0.05, 0.1) is 28.0 Å². The molecule has 1 aliphatic rings. The van der Waals surface area contributed by atoms with E-state index in [1.165, 1.54) is 0 Å². The Morgan fingerprint density at radius 3 is 2.71 bits per heavy atom. The fourth-order valence-electron chi connectivity index (χ4n) is 2.45. The number of rotatable bonds is 2. The normalized spacial score (nSPS) is 26.1. The summed E-state index contributed by atoms with van der Waals surface area (Å²) in [5.41, 5.74) is 1.06. The van der Waals surface area contributed by atoms with E-state index in [2.05, 4.69) is 6.07 Å². The van der Waals surface area contributed by atoms with E-state index in [4.69, 9.17) is 5.26 Å². The number of hydrogen-bond acceptors (Lipinski definition) is 2. The molecule has 1 aromatic rings. The summed E-state index contributed by atoms with van der Waals surface area (Å²) in [4.78, 5) is 0.902. The molecule has 90 valence electrons. The van der Waals surface area contributed by atoms with Gasteiger partial charge in [-0.3, -0.25) is 4.21 Å². The van der Waals surface area contributed by atoms with Crippen LogP contribution in [0.3, 0.4) is 0 Å². The van der Waals surface area contributed by atoms with Crippen LogP contribution >= 0.6 is 0 Å². The van der Waals surface area contributed by atoms with E-state index in [-0.39, 0.29) is 11.2 Å². The molecule has 2 rings (SSSR count). The Kier molecular flexibility index (Phi) is 3.96. The van der Waals surface area contributed by atoms with Crippen molar-refractivity contribution in [3.05, 3.63) is 29.8 Å². The lowest BCUT2D eigenvalue weighted by Gasteiger charge is -2.26. The largest absolute Gasteiger partial charge is 0.254 e. The highest BCUT2D eigenvalue weighted by Crippen LogP contribution is 2.31. The Hall–Kier alpha value is -1.14. The molecule has 0 spiro atoms. The molecule has 0 radical (unpaired) electrons. The predicted molar refractivity (Wildman–Crippen MR) is 68.9 cm³/mol. The van der Waals surface area contributed by atoms with Crippen LogP contribution in [0.1, 0.15) is 31.2 Å². The second-order valence-corrected chi connectivity index (χ2v) is 6.26. The van der Waals surface area contributed by atoms with Gasteiger partial charge in [-0.25, -0.2) is 0 Å². The van der Waals surface area contributed by atoms with Crippen LogP contribution < -0.4 is 0 Å². The Labute approximate surface area is 105 Å².